The Labute approximate surface area is 167 Å². The molecule has 0 bridgehead atoms. The second-order valence-electron chi connectivity index (χ2n) is 6.49. The summed E-state index contributed by atoms with van der Waals surface area (Å²) in [5, 5.41) is 3.52. The number of hydrogen-bond acceptors (Lipinski definition) is 8. The lowest BCUT2D eigenvalue weighted by atomic mass is 10.2. The summed E-state index contributed by atoms with van der Waals surface area (Å²) < 4.78 is 58.1. The van der Waals surface area contributed by atoms with E-state index in [1.54, 1.807) is 18.2 Å². The van der Waals surface area contributed by atoms with E-state index in [0.29, 0.717) is 11.1 Å². The molecular formula is C18H18N2O7S2. The summed E-state index contributed by atoms with van der Waals surface area (Å²) in [4.78, 5) is 12.5. The van der Waals surface area contributed by atoms with Crippen molar-refractivity contribution in [3.8, 4) is 11.5 Å². The van der Waals surface area contributed by atoms with E-state index < -0.39 is 31.3 Å². The third-order valence-electron chi connectivity index (χ3n) is 3.97. The van der Waals surface area contributed by atoms with Crippen molar-refractivity contribution in [1.29, 1.82) is 0 Å². The van der Waals surface area contributed by atoms with Gasteiger partial charge in [0, 0.05) is 11.6 Å². The van der Waals surface area contributed by atoms with Crippen LogP contribution in [0.2, 0.25) is 0 Å². The number of ether oxygens (including phenoxy) is 1. The molecule has 0 radical (unpaired) electrons. The Morgan fingerprint density at radius 2 is 1.69 bits per heavy atom. The molecule has 0 saturated heterocycles. The van der Waals surface area contributed by atoms with E-state index in [0.717, 1.165) is 10.9 Å². The Morgan fingerprint density at radius 3 is 2.28 bits per heavy atom. The van der Waals surface area contributed by atoms with Crippen molar-refractivity contribution in [3.05, 3.63) is 48.7 Å². The number of sulfone groups is 1. The molecule has 0 atom stereocenters. The van der Waals surface area contributed by atoms with Crippen molar-refractivity contribution in [2.24, 2.45) is 0 Å². The molecule has 0 fully saturated rings. The maximum absolute atomic E-state index is 12.4. The highest BCUT2D eigenvalue weighted by Crippen LogP contribution is 2.30. The van der Waals surface area contributed by atoms with E-state index in [4.69, 9.17) is 4.74 Å². The first-order valence-corrected chi connectivity index (χ1v) is 11.8. The van der Waals surface area contributed by atoms with E-state index in [2.05, 4.69) is 9.28 Å². The molecule has 3 rings (SSSR count). The number of hydrogen-bond donors (Lipinski definition) is 0. The lowest BCUT2D eigenvalue weighted by Crippen LogP contribution is -2.25. The van der Waals surface area contributed by atoms with Crippen molar-refractivity contribution in [2.45, 2.75) is 24.0 Å². The summed E-state index contributed by atoms with van der Waals surface area (Å²) in [6.07, 6.45) is 1.29. The van der Waals surface area contributed by atoms with Gasteiger partial charge in [-0.05, 0) is 44.2 Å². The van der Waals surface area contributed by atoms with Crippen LogP contribution in [0.4, 0.5) is 4.79 Å². The van der Waals surface area contributed by atoms with Crippen LogP contribution in [0.25, 0.3) is 10.9 Å². The standard InChI is InChI=1S/C18H18N2O7S2/c1-12(2)29(24,25)27-18(21)20-17-13(11-19-20)5-4-6-16(17)26-14-7-9-15(10-8-14)28(3,22)23/h4-12H,1-3H3. The summed E-state index contributed by atoms with van der Waals surface area (Å²) >= 11 is 0. The van der Waals surface area contributed by atoms with Gasteiger partial charge in [-0.1, -0.05) is 12.1 Å². The molecule has 3 aromatic rings. The number of rotatable bonds is 5. The van der Waals surface area contributed by atoms with Crippen LogP contribution in [-0.4, -0.2) is 44.2 Å². The molecular weight excluding hydrogens is 420 g/mol. The van der Waals surface area contributed by atoms with Gasteiger partial charge < -0.3 is 8.92 Å². The number of nitrogens with zero attached hydrogens (tertiary/aromatic N) is 2. The molecule has 154 valence electrons. The third kappa shape index (κ3) is 4.40. The number of carbonyl (C=O) groups is 1. The van der Waals surface area contributed by atoms with Gasteiger partial charge in [0.25, 0.3) is 0 Å². The third-order valence-corrected chi connectivity index (χ3v) is 6.63. The fourth-order valence-electron chi connectivity index (χ4n) is 2.38. The van der Waals surface area contributed by atoms with Crippen molar-refractivity contribution in [3.63, 3.8) is 0 Å². The minimum atomic E-state index is -4.09. The van der Waals surface area contributed by atoms with Crippen molar-refractivity contribution in [2.75, 3.05) is 6.26 Å². The first-order valence-electron chi connectivity index (χ1n) is 8.41. The first kappa shape index (κ1) is 20.8. The summed E-state index contributed by atoms with van der Waals surface area (Å²) in [7, 11) is -7.44. The first-order chi connectivity index (χ1) is 13.5. The van der Waals surface area contributed by atoms with Crippen molar-refractivity contribution >= 4 is 37.0 Å². The predicted octanol–water partition coefficient (Wildman–Crippen LogP) is 2.96. The zero-order valence-electron chi connectivity index (χ0n) is 15.8. The van der Waals surface area contributed by atoms with Crippen LogP contribution in [-0.2, 0) is 24.1 Å². The van der Waals surface area contributed by atoms with E-state index in [-0.39, 0.29) is 16.2 Å². The number of fused-ring (bicyclic) bond motifs is 1. The molecule has 0 aliphatic carbocycles. The molecule has 1 aromatic heterocycles. The van der Waals surface area contributed by atoms with Crippen LogP contribution in [0.3, 0.4) is 0 Å². The fraction of sp³-hybridized carbons (Fsp3) is 0.222. The van der Waals surface area contributed by atoms with Crippen molar-refractivity contribution in [1.82, 2.24) is 9.78 Å². The molecule has 1 heterocycles. The molecule has 0 N–H and O–H groups in total. The Balaban J connectivity index is 1.98. The quantitative estimate of drug-likeness (QED) is 0.557. The van der Waals surface area contributed by atoms with Gasteiger partial charge in [-0.25, -0.2) is 13.2 Å². The number of benzene rings is 2. The van der Waals surface area contributed by atoms with E-state index in [1.165, 1.54) is 44.3 Å². The average molecular weight is 438 g/mol. The molecule has 0 spiro atoms. The SMILES string of the molecule is CC(C)S(=O)(=O)OC(=O)n1ncc2cccc(Oc3ccc(S(C)(=O)=O)cc3)c21. The highest BCUT2D eigenvalue weighted by Gasteiger charge is 2.25. The largest absolute Gasteiger partial charge is 0.455 e. The maximum atomic E-state index is 12.4. The predicted molar refractivity (Wildman–Crippen MR) is 105 cm³/mol. The zero-order valence-corrected chi connectivity index (χ0v) is 17.4. The number of aromatic nitrogens is 2. The van der Waals surface area contributed by atoms with E-state index in [1.807, 2.05) is 0 Å². The normalized spacial score (nSPS) is 12.3. The van der Waals surface area contributed by atoms with Crippen LogP contribution in [0.1, 0.15) is 13.8 Å². The highest BCUT2D eigenvalue weighted by molar-refractivity contribution is 7.90. The van der Waals surface area contributed by atoms with Crippen LogP contribution in [0.15, 0.2) is 53.6 Å². The Bertz CT molecular complexity index is 1280. The molecule has 0 amide bonds. The topological polar surface area (TPSA) is 122 Å². The van der Waals surface area contributed by atoms with Gasteiger partial charge in [-0.2, -0.15) is 18.2 Å². The van der Waals surface area contributed by atoms with Crippen molar-refractivity contribution < 1.29 is 30.6 Å². The van der Waals surface area contributed by atoms with E-state index >= 15 is 0 Å². The molecule has 11 heteroatoms. The Hall–Kier alpha value is -2.92. The summed E-state index contributed by atoms with van der Waals surface area (Å²) in [5.41, 5.74) is 0.212. The summed E-state index contributed by atoms with van der Waals surface area (Å²) in [6.45, 7) is 2.77. The van der Waals surface area contributed by atoms with Crippen LogP contribution in [0, 0.1) is 0 Å². The molecule has 9 nitrogen and oxygen atoms in total. The minimum Gasteiger partial charge on any atom is -0.455 e. The second-order valence-corrected chi connectivity index (χ2v) is 10.6. The molecule has 0 aliphatic heterocycles. The van der Waals surface area contributed by atoms with Gasteiger partial charge in [0.05, 0.1) is 16.3 Å². The smallest absolute Gasteiger partial charge is 0.451 e. The lowest BCUT2D eigenvalue weighted by molar-refractivity contribution is 0.201. The fourth-order valence-corrected chi connectivity index (χ4v) is 3.47. The lowest BCUT2D eigenvalue weighted by Gasteiger charge is -2.11. The minimum absolute atomic E-state index is 0.135. The van der Waals surface area contributed by atoms with Crippen LogP contribution in [0.5, 0.6) is 11.5 Å². The Kier molecular flexibility index (Phi) is 5.37. The van der Waals surface area contributed by atoms with Crippen LogP contribution < -0.4 is 4.74 Å². The van der Waals surface area contributed by atoms with Gasteiger partial charge >= 0.3 is 16.2 Å². The number of carbonyl (C=O) groups excluding carboxylic acids is 1. The maximum Gasteiger partial charge on any atom is 0.451 e. The molecule has 29 heavy (non-hydrogen) atoms. The second kappa shape index (κ2) is 7.48. The molecule has 0 saturated carbocycles. The summed E-state index contributed by atoms with van der Waals surface area (Å²) in [6, 6.07) is 10.6. The zero-order chi connectivity index (χ0) is 21.4. The van der Waals surface area contributed by atoms with Gasteiger partial charge in [-0.15, -0.1) is 0 Å². The van der Waals surface area contributed by atoms with E-state index in [9.17, 15) is 21.6 Å². The van der Waals surface area contributed by atoms with Crippen LogP contribution >= 0.6 is 0 Å². The number of para-hydroxylation sites is 1. The van der Waals surface area contributed by atoms with Gasteiger partial charge in [0.15, 0.2) is 15.6 Å². The monoisotopic (exact) mass is 438 g/mol. The molecule has 2 aromatic carbocycles. The molecule has 0 aliphatic rings. The highest BCUT2D eigenvalue weighted by atomic mass is 32.2. The Morgan fingerprint density at radius 1 is 1.03 bits per heavy atom. The molecule has 0 unspecified atom stereocenters. The summed E-state index contributed by atoms with van der Waals surface area (Å²) in [5.74, 6) is 0.534. The van der Waals surface area contributed by atoms with Gasteiger partial charge in [-0.3, -0.25) is 0 Å². The van der Waals surface area contributed by atoms with Gasteiger partial charge in [0.2, 0.25) is 0 Å². The average Bonchev–Trinajstić information content (AvgIpc) is 3.06. The van der Waals surface area contributed by atoms with Gasteiger partial charge in [0.1, 0.15) is 11.3 Å².